The third-order valence-corrected chi connectivity index (χ3v) is 3.92. The first kappa shape index (κ1) is 8.75. The summed E-state index contributed by atoms with van der Waals surface area (Å²) in [6.07, 6.45) is 6.70. The second-order valence-electron chi connectivity index (χ2n) is 5.10. The number of amides is 1. The van der Waals surface area contributed by atoms with E-state index in [-0.39, 0.29) is 11.4 Å². The summed E-state index contributed by atoms with van der Waals surface area (Å²) in [4.78, 5) is 18.5. The molecule has 1 amide bonds. The van der Waals surface area contributed by atoms with Crippen LogP contribution in [-0.2, 0) is 10.3 Å². The minimum Gasteiger partial charge on any atom is -0.312 e. The van der Waals surface area contributed by atoms with Crippen LogP contribution in [0.1, 0.15) is 19.3 Å². The molecule has 4 rings (SSSR count). The zero-order chi connectivity index (χ0) is 10.8. The number of carbonyl (C=O) groups is 1. The third kappa shape index (κ3) is 0.942. The molecular formula is C11H14N4O. The van der Waals surface area contributed by atoms with Crippen LogP contribution in [-0.4, -0.2) is 34.6 Å². The van der Waals surface area contributed by atoms with Crippen LogP contribution in [0.5, 0.6) is 0 Å². The summed E-state index contributed by atoms with van der Waals surface area (Å²) in [6.45, 7) is 1.78. The molecule has 1 aromatic rings. The van der Waals surface area contributed by atoms with Gasteiger partial charge in [0.25, 0.3) is 0 Å². The fourth-order valence-corrected chi connectivity index (χ4v) is 2.82. The van der Waals surface area contributed by atoms with Crippen molar-refractivity contribution in [1.82, 2.24) is 14.9 Å². The number of anilines is 1. The molecule has 1 saturated carbocycles. The van der Waals surface area contributed by atoms with Crippen LogP contribution in [0.15, 0.2) is 12.4 Å². The van der Waals surface area contributed by atoms with Crippen molar-refractivity contribution in [2.45, 2.75) is 30.8 Å². The summed E-state index contributed by atoms with van der Waals surface area (Å²) in [5, 5.41) is 3.26. The molecular weight excluding hydrogens is 204 g/mol. The number of fused-ring (bicyclic) bond motifs is 2. The topological polar surface area (TPSA) is 50.2 Å². The molecule has 1 aromatic heterocycles. The summed E-state index contributed by atoms with van der Waals surface area (Å²) >= 11 is 0. The molecule has 0 bridgehead atoms. The third-order valence-electron chi connectivity index (χ3n) is 3.92. The Morgan fingerprint density at radius 1 is 1.44 bits per heavy atom. The Kier molecular flexibility index (Phi) is 1.45. The van der Waals surface area contributed by atoms with Gasteiger partial charge in [0.2, 0.25) is 11.9 Å². The fraction of sp³-hybridized carbons (Fsp3) is 0.636. The van der Waals surface area contributed by atoms with Gasteiger partial charge in [-0.25, -0.2) is 4.98 Å². The van der Waals surface area contributed by atoms with E-state index >= 15 is 0 Å². The second kappa shape index (κ2) is 2.66. The maximum absolute atomic E-state index is 12.2. The highest BCUT2D eigenvalue weighted by atomic mass is 16.2. The number of aromatic nitrogens is 2. The van der Waals surface area contributed by atoms with Gasteiger partial charge in [-0.05, 0) is 12.8 Å². The van der Waals surface area contributed by atoms with E-state index in [4.69, 9.17) is 0 Å². The smallest absolute Gasteiger partial charge is 0.232 e. The number of rotatable bonds is 1. The van der Waals surface area contributed by atoms with E-state index in [1.807, 2.05) is 17.3 Å². The van der Waals surface area contributed by atoms with Gasteiger partial charge >= 0.3 is 0 Å². The number of hydrogen-bond donors (Lipinski definition) is 1. The first-order chi connectivity index (χ1) is 7.80. The molecule has 1 N–H and O–H groups in total. The Bertz CT molecular complexity index is 458. The summed E-state index contributed by atoms with van der Waals surface area (Å²) in [7, 11) is 0. The van der Waals surface area contributed by atoms with Gasteiger partial charge in [-0.15, -0.1) is 0 Å². The average Bonchev–Trinajstić information content (AvgIpc) is 2.91. The summed E-state index contributed by atoms with van der Waals surface area (Å²) in [5.74, 6) is 1.11. The van der Waals surface area contributed by atoms with Crippen LogP contribution in [0, 0.1) is 0 Å². The SMILES string of the molecule is O=C1CC2(CNC2)n2ccnc2N1C1CC1. The van der Waals surface area contributed by atoms with E-state index in [9.17, 15) is 4.79 Å². The molecule has 0 aromatic carbocycles. The lowest BCUT2D eigenvalue weighted by Crippen LogP contribution is -2.65. The highest BCUT2D eigenvalue weighted by Crippen LogP contribution is 2.40. The lowest BCUT2D eigenvalue weighted by molar-refractivity contribution is -0.122. The van der Waals surface area contributed by atoms with Crippen LogP contribution >= 0.6 is 0 Å². The van der Waals surface area contributed by atoms with Gasteiger partial charge < -0.3 is 9.88 Å². The molecule has 16 heavy (non-hydrogen) atoms. The van der Waals surface area contributed by atoms with Crippen LogP contribution in [0.3, 0.4) is 0 Å². The van der Waals surface area contributed by atoms with Gasteiger partial charge in [-0.2, -0.15) is 0 Å². The largest absolute Gasteiger partial charge is 0.312 e. The number of carbonyl (C=O) groups excluding carboxylic acids is 1. The molecule has 2 fully saturated rings. The molecule has 84 valence electrons. The molecule has 1 spiro atoms. The van der Waals surface area contributed by atoms with E-state index in [2.05, 4.69) is 14.9 Å². The molecule has 0 atom stereocenters. The Balaban J connectivity index is 1.84. The van der Waals surface area contributed by atoms with Crippen molar-refractivity contribution in [3.8, 4) is 0 Å². The van der Waals surface area contributed by atoms with Crippen molar-refractivity contribution in [3.63, 3.8) is 0 Å². The lowest BCUT2D eigenvalue weighted by atomic mass is 9.86. The van der Waals surface area contributed by atoms with E-state index in [1.165, 1.54) is 0 Å². The van der Waals surface area contributed by atoms with Gasteiger partial charge in [-0.1, -0.05) is 0 Å². The molecule has 1 saturated heterocycles. The summed E-state index contributed by atoms with van der Waals surface area (Å²) < 4.78 is 2.20. The maximum atomic E-state index is 12.2. The Hall–Kier alpha value is -1.36. The van der Waals surface area contributed by atoms with Gasteiger partial charge in [0.05, 0.1) is 12.0 Å². The normalized spacial score (nSPS) is 26.8. The molecule has 2 aliphatic heterocycles. The van der Waals surface area contributed by atoms with E-state index in [0.717, 1.165) is 31.9 Å². The van der Waals surface area contributed by atoms with Crippen LogP contribution < -0.4 is 10.2 Å². The summed E-state index contributed by atoms with van der Waals surface area (Å²) in [6, 6.07) is 0.416. The Morgan fingerprint density at radius 3 is 2.88 bits per heavy atom. The van der Waals surface area contributed by atoms with Crippen molar-refractivity contribution < 1.29 is 4.79 Å². The number of hydrogen-bond acceptors (Lipinski definition) is 3. The van der Waals surface area contributed by atoms with Crippen molar-refractivity contribution in [1.29, 1.82) is 0 Å². The number of nitrogens with zero attached hydrogens (tertiary/aromatic N) is 3. The van der Waals surface area contributed by atoms with Crippen molar-refractivity contribution in [3.05, 3.63) is 12.4 Å². The number of imidazole rings is 1. The average molecular weight is 218 g/mol. The van der Waals surface area contributed by atoms with Gasteiger partial charge in [-0.3, -0.25) is 9.69 Å². The van der Waals surface area contributed by atoms with Gasteiger partial charge in [0.15, 0.2) is 0 Å². The monoisotopic (exact) mass is 218 g/mol. The molecule has 3 heterocycles. The van der Waals surface area contributed by atoms with E-state index < -0.39 is 0 Å². The second-order valence-corrected chi connectivity index (χ2v) is 5.10. The van der Waals surface area contributed by atoms with E-state index in [0.29, 0.717) is 12.5 Å². The quantitative estimate of drug-likeness (QED) is 0.726. The molecule has 0 radical (unpaired) electrons. The lowest BCUT2D eigenvalue weighted by Gasteiger charge is -2.48. The molecule has 5 nitrogen and oxygen atoms in total. The standard InChI is InChI=1S/C11H14N4O/c16-9-5-11(6-12-7-11)14-4-3-13-10(14)15(9)8-1-2-8/h3-4,8,12H,1-2,5-7H2. The zero-order valence-corrected chi connectivity index (χ0v) is 9.02. The van der Waals surface area contributed by atoms with Crippen LogP contribution in [0.25, 0.3) is 0 Å². The predicted molar refractivity (Wildman–Crippen MR) is 58.2 cm³/mol. The van der Waals surface area contributed by atoms with E-state index in [1.54, 1.807) is 0 Å². The predicted octanol–water partition coefficient (Wildman–Crippen LogP) is 0.0807. The van der Waals surface area contributed by atoms with Gasteiger partial charge in [0.1, 0.15) is 0 Å². The highest BCUT2D eigenvalue weighted by Gasteiger charge is 2.50. The van der Waals surface area contributed by atoms with Crippen LogP contribution in [0.2, 0.25) is 0 Å². The Morgan fingerprint density at radius 2 is 2.25 bits per heavy atom. The zero-order valence-electron chi connectivity index (χ0n) is 9.02. The fourth-order valence-electron chi connectivity index (χ4n) is 2.82. The van der Waals surface area contributed by atoms with Crippen molar-refractivity contribution in [2.75, 3.05) is 18.0 Å². The van der Waals surface area contributed by atoms with Crippen LogP contribution in [0.4, 0.5) is 5.95 Å². The van der Waals surface area contributed by atoms with Gasteiger partial charge in [0, 0.05) is 31.5 Å². The number of nitrogens with one attached hydrogen (secondary N) is 1. The maximum Gasteiger partial charge on any atom is 0.232 e. The minimum atomic E-state index is -0.0195. The highest BCUT2D eigenvalue weighted by molar-refractivity contribution is 5.95. The minimum absolute atomic E-state index is 0.0195. The molecule has 1 aliphatic carbocycles. The molecule has 5 heteroatoms. The molecule has 0 unspecified atom stereocenters. The first-order valence-corrected chi connectivity index (χ1v) is 5.87. The first-order valence-electron chi connectivity index (χ1n) is 5.87. The van der Waals surface area contributed by atoms with Crippen molar-refractivity contribution in [2.24, 2.45) is 0 Å². The van der Waals surface area contributed by atoms with Crippen molar-refractivity contribution >= 4 is 11.9 Å². The molecule has 3 aliphatic rings. The summed E-state index contributed by atoms with van der Waals surface area (Å²) in [5.41, 5.74) is -0.0195. The Labute approximate surface area is 93.4 Å².